The summed E-state index contributed by atoms with van der Waals surface area (Å²) in [5.41, 5.74) is 3.72. The second-order valence-electron chi connectivity index (χ2n) is 12.9. The molecule has 1 fully saturated rings. The number of halogens is 1. The molecule has 1 saturated heterocycles. The topological polar surface area (TPSA) is 119 Å². The summed E-state index contributed by atoms with van der Waals surface area (Å²) < 4.78 is 13.5. The second-order valence-corrected chi connectivity index (χ2v) is 12.9. The first kappa shape index (κ1) is 35.9. The minimum Gasteiger partial charge on any atom is -0.465 e. The molecule has 3 N–H and O–H groups in total. The molecule has 3 amide bonds. The molecule has 0 radical (unpaired) electrons. The van der Waals surface area contributed by atoms with Gasteiger partial charge in [0, 0.05) is 48.1 Å². The number of ketones is 2. The van der Waals surface area contributed by atoms with Gasteiger partial charge in [-0.05, 0) is 93.0 Å². The average Bonchev–Trinajstić information content (AvgIpc) is 3.10. The fourth-order valence-corrected chi connectivity index (χ4v) is 6.63. The number of piperidine rings is 1. The van der Waals surface area contributed by atoms with Crippen molar-refractivity contribution in [3.8, 4) is 0 Å². The highest BCUT2D eigenvalue weighted by Crippen LogP contribution is 2.30. The van der Waals surface area contributed by atoms with E-state index in [9.17, 15) is 28.7 Å². The first-order valence-electron chi connectivity index (χ1n) is 16.9. The van der Waals surface area contributed by atoms with Crippen LogP contribution in [0.15, 0.2) is 103 Å². The molecule has 1 aliphatic rings. The number of rotatable bonds is 13. The molecule has 0 aromatic heterocycles. The molecule has 2 atom stereocenters. The third kappa shape index (κ3) is 9.85. The van der Waals surface area contributed by atoms with Gasteiger partial charge in [-0.3, -0.25) is 19.4 Å². The lowest BCUT2D eigenvalue weighted by Gasteiger charge is -2.43. The average molecular weight is 679 g/mol. The van der Waals surface area contributed by atoms with Crippen LogP contribution in [0.5, 0.6) is 0 Å². The van der Waals surface area contributed by atoms with Gasteiger partial charge >= 0.3 is 12.1 Å². The predicted octanol–water partition coefficient (Wildman–Crippen LogP) is 7.82. The van der Waals surface area contributed by atoms with Gasteiger partial charge in [0.1, 0.15) is 5.82 Å². The van der Waals surface area contributed by atoms with Crippen LogP contribution in [0, 0.1) is 11.7 Å². The van der Waals surface area contributed by atoms with Crippen molar-refractivity contribution in [3.63, 3.8) is 0 Å². The maximum absolute atomic E-state index is 13.5. The maximum Gasteiger partial charge on any atom is 0.413 e. The fourth-order valence-electron chi connectivity index (χ4n) is 6.63. The zero-order valence-electron chi connectivity index (χ0n) is 28.3. The van der Waals surface area contributed by atoms with Crippen molar-refractivity contribution in [2.45, 2.75) is 58.2 Å². The smallest absolute Gasteiger partial charge is 0.413 e. The lowest BCUT2D eigenvalue weighted by atomic mass is 9.89. The Hall–Kier alpha value is -5.35. The molecule has 0 saturated carbocycles. The van der Waals surface area contributed by atoms with Crippen molar-refractivity contribution in [3.05, 3.63) is 131 Å². The number of benzene rings is 4. The number of hydrogen-bond acceptors (Lipinski definition) is 5. The highest BCUT2D eigenvalue weighted by Gasteiger charge is 2.35. The third-order valence-corrected chi connectivity index (χ3v) is 9.23. The van der Waals surface area contributed by atoms with Gasteiger partial charge in [-0.2, -0.15) is 0 Å². The van der Waals surface area contributed by atoms with Crippen LogP contribution < -0.4 is 15.5 Å². The summed E-state index contributed by atoms with van der Waals surface area (Å²) >= 11 is 0. The molecule has 2 unspecified atom stereocenters. The van der Waals surface area contributed by atoms with E-state index in [0.717, 1.165) is 30.4 Å². The molecule has 0 aliphatic carbocycles. The SMILES string of the molecule is CC(=O)c1cccc(NC(=O)NC(Cc2ccccc2)CC(N2CCC(Cc3ccc(F)cc3)CC2)N(C(=O)O)c2cccc(C(C)=O)c2)c1. The molecule has 5 rings (SSSR count). The molecule has 0 bridgehead atoms. The predicted molar refractivity (Wildman–Crippen MR) is 192 cm³/mol. The van der Waals surface area contributed by atoms with E-state index in [1.54, 1.807) is 60.7 Å². The third-order valence-electron chi connectivity index (χ3n) is 9.23. The van der Waals surface area contributed by atoms with Crippen molar-refractivity contribution in [1.82, 2.24) is 10.2 Å². The van der Waals surface area contributed by atoms with Crippen molar-refractivity contribution in [1.29, 1.82) is 0 Å². The Kier molecular flexibility index (Phi) is 12.1. The number of likely N-dealkylation sites (tertiary alicyclic amines) is 1. The fraction of sp³-hybridized carbons (Fsp3) is 0.300. The van der Waals surface area contributed by atoms with Gasteiger partial charge in [0.05, 0.1) is 6.17 Å². The largest absolute Gasteiger partial charge is 0.465 e. The number of nitrogens with one attached hydrogen (secondary N) is 2. The van der Waals surface area contributed by atoms with Gasteiger partial charge in [0.15, 0.2) is 11.6 Å². The van der Waals surface area contributed by atoms with Gasteiger partial charge in [-0.25, -0.2) is 14.0 Å². The summed E-state index contributed by atoms with van der Waals surface area (Å²) in [6, 6.07) is 28.5. The molecule has 260 valence electrons. The molecular weight excluding hydrogens is 635 g/mol. The molecule has 4 aromatic carbocycles. The number of hydrogen-bond donors (Lipinski definition) is 3. The lowest BCUT2D eigenvalue weighted by molar-refractivity contribution is 0.100. The highest BCUT2D eigenvalue weighted by atomic mass is 19.1. The van der Waals surface area contributed by atoms with Crippen molar-refractivity contribution < 1.29 is 28.7 Å². The number of carbonyl (C=O) groups excluding carboxylic acids is 3. The van der Waals surface area contributed by atoms with Crippen molar-refractivity contribution >= 4 is 35.1 Å². The molecule has 1 heterocycles. The Bertz CT molecular complexity index is 1790. The minimum atomic E-state index is -1.17. The normalized spacial score (nSPS) is 14.7. The van der Waals surface area contributed by atoms with E-state index in [-0.39, 0.29) is 23.8 Å². The van der Waals surface area contributed by atoms with Crippen LogP contribution in [0.2, 0.25) is 0 Å². The van der Waals surface area contributed by atoms with Gasteiger partial charge in [-0.15, -0.1) is 0 Å². The summed E-state index contributed by atoms with van der Waals surface area (Å²) in [5, 5.41) is 16.7. The lowest BCUT2D eigenvalue weighted by Crippen LogP contribution is -2.56. The van der Waals surface area contributed by atoms with Crippen molar-refractivity contribution in [2.24, 2.45) is 5.92 Å². The first-order valence-corrected chi connectivity index (χ1v) is 16.9. The van der Waals surface area contributed by atoms with Gasteiger partial charge in [0.2, 0.25) is 0 Å². The molecule has 10 heteroatoms. The zero-order chi connectivity index (χ0) is 35.6. The van der Waals surface area contributed by atoms with Crippen LogP contribution in [0.3, 0.4) is 0 Å². The van der Waals surface area contributed by atoms with Gasteiger partial charge in [-0.1, -0.05) is 66.7 Å². The Labute approximate surface area is 292 Å². The summed E-state index contributed by atoms with van der Waals surface area (Å²) in [5.74, 6) is -0.232. The van der Waals surface area contributed by atoms with E-state index in [4.69, 9.17) is 0 Å². The van der Waals surface area contributed by atoms with Crippen LogP contribution >= 0.6 is 0 Å². The summed E-state index contributed by atoms with van der Waals surface area (Å²) in [6.07, 6.45) is 1.22. The molecule has 0 spiro atoms. The molecule has 4 aromatic rings. The van der Waals surface area contributed by atoms with Crippen LogP contribution in [0.1, 0.15) is 65.0 Å². The van der Waals surface area contributed by atoms with Crippen LogP contribution in [0.25, 0.3) is 0 Å². The number of urea groups is 1. The number of Topliss-reactive ketones (excluding diaryl/α,β-unsaturated/α-hetero) is 2. The Balaban J connectivity index is 1.43. The van der Waals surface area contributed by atoms with Crippen LogP contribution in [-0.4, -0.2) is 59.0 Å². The van der Waals surface area contributed by atoms with E-state index >= 15 is 0 Å². The summed E-state index contributed by atoms with van der Waals surface area (Å²) in [4.78, 5) is 54.3. The zero-order valence-corrected chi connectivity index (χ0v) is 28.3. The highest BCUT2D eigenvalue weighted by molar-refractivity contribution is 5.97. The number of carboxylic acid groups (broad SMARTS) is 1. The number of anilines is 2. The maximum atomic E-state index is 13.5. The Morgan fingerprint density at radius 1 is 0.820 bits per heavy atom. The molecule has 9 nitrogen and oxygen atoms in total. The van der Waals surface area contributed by atoms with Gasteiger partial charge in [0.25, 0.3) is 0 Å². The summed E-state index contributed by atoms with van der Waals surface area (Å²) in [7, 11) is 0. The van der Waals surface area contributed by atoms with Crippen molar-refractivity contribution in [2.75, 3.05) is 23.3 Å². The molecular formula is C40H43FN4O5. The molecule has 50 heavy (non-hydrogen) atoms. The standard InChI is InChI=1S/C40H43FN4O5/c1-27(46)32-10-6-12-35(24-32)42-39(48)43-36(23-29-8-4-3-5-9-29)26-38(45(40(49)50)37-13-7-11-33(25-37)28(2)47)44-20-18-31(19-21-44)22-30-14-16-34(41)17-15-30/h3-17,24-25,31,36,38H,18-23,26H2,1-2H3,(H,49,50)(H2,42,43,48). The summed E-state index contributed by atoms with van der Waals surface area (Å²) in [6.45, 7) is 4.11. The minimum absolute atomic E-state index is 0.122. The number of nitrogens with zero attached hydrogens (tertiary/aromatic N) is 2. The van der Waals surface area contributed by atoms with Crippen LogP contribution in [-0.2, 0) is 12.8 Å². The van der Waals surface area contributed by atoms with E-state index in [0.29, 0.717) is 47.9 Å². The quantitative estimate of drug-likeness (QED) is 0.124. The number of amides is 3. The monoisotopic (exact) mass is 678 g/mol. The van der Waals surface area contributed by atoms with E-state index in [1.807, 2.05) is 30.3 Å². The molecule has 1 aliphatic heterocycles. The van der Waals surface area contributed by atoms with Crippen LogP contribution in [0.4, 0.5) is 25.4 Å². The van der Waals surface area contributed by atoms with E-state index < -0.39 is 24.3 Å². The van der Waals surface area contributed by atoms with E-state index in [1.165, 1.54) is 30.9 Å². The Morgan fingerprint density at radius 3 is 2.10 bits per heavy atom. The Morgan fingerprint density at radius 2 is 1.46 bits per heavy atom. The van der Waals surface area contributed by atoms with E-state index in [2.05, 4.69) is 15.5 Å². The number of carbonyl (C=O) groups is 4. The first-order chi connectivity index (χ1) is 24.0. The second kappa shape index (κ2) is 16.8. The van der Waals surface area contributed by atoms with Gasteiger partial charge < -0.3 is 15.7 Å².